The lowest BCUT2D eigenvalue weighted by Gasteiger charge is -2.03. The van der Waals surface area contributed by atoms with Gasteiger partial charge in [-0.15, -0.1) is 0 Å². The second-order valence-corrected chi connectivity index (χ2v) is 3.51. The van der Waals surface area contributed by atoms with Gasteiger partial charge in [-0.2, -0.15) is 11.8 Å². The Bertz CT molecular complexity index is 282. The number of thioether (sulfide) groups is 1. The number of carbonyl (C=O) groups is 1. The van der Waals surface area contributed by atoms with Gasteiger partial charge in [0.25, 0.3) is 0 Å². The second kappa shape index (κ2) is 12.3. The first-order valence-corrected chi connectivity index (χ1v) is 7.23. The van der Waals surface area contributed by atoms with E-state index in [1.54, 1.807) is 18.7 Å². The van der Waals surface area contributed by atoms with Crippen LogP contribution in [0.4, 0.5) is 0 Å². The fourth-order valence-corrected chi connectivity index (χ4v) is 1.71. The van der Waals surface area contributed by atoms with E-state index in [9.17, 15) is 4.79 Å². The Kier molecular flexibility index (Phi) is 13.6. The van der Waals surface area contributed by atoms with Crippen molar-refractivity contribution in [2.45, 2.75) is 40.4 Å². The molecule has 0 bridgehead atoms. The van der Waals surface area contributed by atoms with E-state index in [2.05, 4.69) is 0 Å². The monoisotopic (exact) mass is 240 g/mol. The summed E-state index contributed by atoms with van der Waals surface area (Å²) in [4.78, 5) is 11.1. The molecule has 1 rings (SSSR count). The maximum Gasteiger partial charge on any atom is 0.160 e. The largest absolute Gasteiger partial charge is 0.295 e. The Hall–Kier alpha value is -0.760. The molecule has 0 unspecified atom stereocenters. The van der Waals surface area contributed by atoms with Crippen LogP contribution in [0.3, 0.4) is 0 Å². The molecule has 92 valence electrons. The van der Waals surface area contributed by atoms with Crippen LogP contribution in [0.5, 0.6) is 0 Å². The van der Waals surface area contributed by atoms with E-state index < -0.39 is 0 Å². The topological polar surface area (TPSA) is 17.1 Å². The van der Waals surface area contributed by atoms with Crippen molar-refractivity contribution in [3.05, 3.63) is 35.4 Å². The first-order valence-electron chi connectivity index (χ1n) is 5.83. The summed E-state index contributed by atoms with van der Waals surface area (Å²) < 4.78 is 0. The zero-order valence-electron chi connectivity index (χ0n) is 11.3. The highest BCUT2D eigenvalue weighted by Crippen LogP contribution is 2.14. The van der Waals surface area contributed by atoms with Crippen LogP contribution in [0.2, 0.25) is 0 Å². The maximum absolute atomic E-state index is 11.1. The lowest BCUT2D eigenvalue weighted by molar-refractivity contribution is 0.101. The summed E-state index contributed by atoms with van der Waals surface area (Å²) in [6.45, 7) is 9.61. The summed E-state index contributed by atoms with van der Waals surface area (Å²) >= 11 is 1.73. The van der Waals surface area contributed by atoms with Gasteiger partial charge in [0, 0.05) is 11.3 Å². The molecule has 2 heteroatoms. The highest BCUT2D eigenvalue weighted by Gasteiger charge is 2.04. The third-order valence-corrected chi connectivity index (χ3v) is 2.30. The highest BCUT2D eigenvalue weighted by atomic mass is 32.2. The molecule has 0 fully saturated rings. The molecule has 0 amide bonds. The summed E-state index contributed by atoms with van der Waals surface area (Å²) in [6, 6.07) is 7.76. The number of hydrogen-bond donors (Lipinski definition) is 0. The minimum Gasteiger partial charge on any atom is -0.295 e. The van der Waals surface area contributed by atoms with E-state index in [4.69, 9.17) is 0 Å². The lowest BCUT2D eigenvalue weighted by Crippen LogP contribution is -1.97. The molecule has 1 nitrogen and oxygen atoms in total. The van der Waals surface area contributed by atoms with Gasteiger partial charge in [-0.3, -0.25) is 4.79 Å². The van der Waals surface area contributed by atoms with Gasteiger partial charge in [0.2, 0.25) is 0 Å². The minimum atomic E-state index is 0.152. The van der Waals surface area contributed by atoms with E-state index in [0.29, 0.717) is 0 Å². The number of Topliss-reactive ketones (excluding diaryl/α,β-unsaturated/α-hetero) is 1. The van der Waals surface area contributed by atoms with Crippen molar-refractivity contribution in [1.82, 2.24) is 0 Å². The van der Waals surface area contributed by atoms with Gasteiger partial charge in [0.15, 0.2) is 5.78 Å². The Labute approximate surface area is 105 Å². The zero-order chi connectivity index (χ0) is 13.0. The van der Waals surface area contributed by atoms with E-state index in [0.717, 1.165) is 16.9 Å². The number of carbonyl (C=O) groups excluding carboxylic acids is 1. The molecule has 0 saturated heterocycles. The molecule has 1 aromatic carbocycles. The molecule has 0 aliphatic heterocycles. The summed E-state index contributed by atoms with van der Waals surface area (Å²) in [5.41, 5.74) is 1.99. The first-order chi connectivity index (χ1) is 7.75. The van der Waals surface area contributed by atoms with Crippen LogP contribution in [0.1, 0.15) is 50.5 Å². The van der Waals surface area contributed by atoms with E-state index in [-0.39, 0.29) is 5.78 Å². The molecule has 0 aromatic heterocycles. The second-order valence-electron chi connectivity index (χ2n) is 2.65. The molecule has 16 heavy (non-hydrogen) atoms. The fraction of sp³-hybridized carbons (Fsp3) is 0.500. The molecule has 0 radical (unpaired) electrons. The van der Waals surface area contributed by atoms with Gasteiger partial charge in [-0.05, 0) is 18.7 Å². The van der Waals surface area contributed by atoms with Crippen LogP contribution in [-0.4, -0.2) is 12.0 Å². The average molecular weight is 240 g/mol. The van der Waals surface area contributed by atoms with Gasteiger partial charge in [0.05, 0.1) is 0 Å². The Balaban J connectivity index is 0. The van der Waals surface area contributed by atoms with Gasteiger partial charge >= 0.3 is 0 Å². The maximum atomic E-state index is 11.1. The number of benzene rings is 1. The van der Waals surface area contributed by atoms with Crippen molar-refractivity contribution in [3.63, 3.8) is 0 Å². The number of ketones is 1. The predicted molar refractivity (Wildman–Crippen MR) is 76.4 cm³/mol. The number of rotatable bonds is 3. The van der Waals surface area contributed by atoms with Crippen LogP contribution in [0.25, 0.3) is 0 Å². The van der Waals surface area contributed by atoms with E-state index in [1.165, 1.54) is 0 Å². The predicted octanol–water partition coefficient (Wildman–Crippen LogP) is 4.80. The van der Waals surface area contributed by atoms with Crippen molar-refractivity contribution in [3.8, 4) is 0 Å². The minimum absolute atomic E-state index is 0.152. The number of hydrogen-bond acceptors (Lipinski definition) is 2. The van der Waals surface area contributed by atoms with Crippen molar-refractivity contribution >= 4 is 17.5 Å². The van der Waals surface area contributed by atoms with Crippen LogP contribution >= 0.6 is 11.8 Å². The van der Waals surface area contributed by atoms with Crippen LogP contribution in [0.15, 0.2) is 24.3 Å². The quantitative estimate of drug-likeness (QED) is 0.706. The van der Waals surface area contributed by atoms with Crippen molar-refractivity contribution in [2.75, 3.05) is 6.26 Å². The lowest BCUT2D eigenvalue weighted by atomic mass is 10.1. The van der Waals surface area contributed by atoms with Crippen molar-refractivity contribution in [2.24, 2.45) is 0 Å². The molecule has 0 aliphatic carbocycles. The molecule has 0 aliphatic rings. The molecule has 0 heterocycles. The molecule has 0 spiro atoms. The summed E-state index contributed by atoms with van der Waals surface area (Å²) in [7, 11) is 0. The Morgan fingerprint density at radius 2 is 1.62 bits per heavy atom. The summed E-state index contributed by atoms with van der Waals surface area (Å²) in [5, 5.41) is 0. The normalized spacial score (nSPS) is 8.12. The smallest absolute Gasteiger partial charge is 0.160 e. The first kappa shape index (κ1) is 17.6. The Morgan fingerprint density at radius 1 is 1.12 bits per heavy atom. The summed E-state index contributed by atoms with van der Waals surface area (Å²) in [5.74, 6) is 1.06. The van der Waals surface area contributed by atoms with Crippen molar-refractivity contribution in [1.29, 1.82) is 0 Å². The zero-order valence-corrected chi connectivity index (χ0v) is 12.1. The molecule has 0 atom stereocenters. The van der Waals surface area contributed by atoms with Crippen LogP contribution < -0.4 is 0 Å². The van der Waals surface area contributed by atoms with Gasteiger partial charge in [-0.1, -0.05) is 52.0 Å². The Morgan fingerprint density at radius 3 is 2.06 bits per heavy atom. The van der Waals surface area contributed by atoms with Crippen LogP contribution in [0, 0.1) is 0 Å². The molecule has 1 aromatic rings. The van der Waals surface area contributed by atoms with Crippen LogP contribution in [-0.2, 0) is 5.75 Å². The van der Waals surface area contributed by atoms with E-state index >= 15 is 0 Å². The standard InChI is InChI=1S/C10H12OS.2C2H6/c1-8(11)10-6-4-3-5-9(10)7-12-2;2*1-2/h3-6H,7H2,1-2H3;2*1-2H3. The molecule has 0 saturated carbocycles. The van der Waals surface area contributed by atoms with Crippen molar-refractivity contribution < 1.29 is 4.79 Å². The average Bonchev–Trinajstić information content (AvgIpc) is 2.35. The molecular formula is C14H24OS. The highest BCUT2D eigenvalue weighted by molar-refractivity contribution is 7.97. The molecule has 0 N–H and O–H groups in total. The molecular weight excluding hydrogens is 216 g/mol. The third kappa shape index (κ3) is 6.67. The van der Waals surface area contributed by atoms with Gasteiger partial charge in [0.1, 0.15) is 0 Å². The van der Waals surface area contributed by atoms with E-state index in [1.807, 2.05) is 58.2 Å². The fourth-order valence-electron chi connectivity index (χ4n) is 1.15. The SMILES string of the molecule is CC.CC.CSCc1ccccc1C(C)=O. The summed E-state index contributed by atoms with van der Waals surface area (Å²) in [6.07, 6.45) is 2.04. The third-order valence-electron chi connectivity index (χ3n) is 1.70. The van der Waals surface area contributed by atoms with Gasteiger partial charge in [-0.25, -0.2) is 0 Å². The van der Waals surface area contributed by atoms with Gasteiger partial charge < -0.3 is 0 Å².